The highest BCUT2D eigenvalue weighted by molar-refractivity contribution is 14.0. The minimum Gasteiger partial charge on any atom is -0.380 e. The molecule has 0 aliphatic carbocycles. The fourth-order valence-corrected chi connectivity index (χ4v) is 3.39. The first-order chi connectivity index (χ1) is 12.6. The molecule has 1 aromatic heterocycles. The number of likely N-dealkylation sites (tertiary alicyclic amines) is 1. The van der Waals surface area contributed by atoms with Gasteiger partial charge in [-0.25, -0.2) is 4.39 Å². The number of aryl methyl sites for hydroxylation is 1. The summed E-state index contributed by atoms with van der Waals surface area (Å²) < 4.78 is 20.6. The van der Waals surface area contributed by atoms with Crippen LogP contribution in [0.25, 0.3) is 0 Å². The molecule has 2 heterocycles. The van der Waals surface area contributed by atoms with Crippen molar-refractivity contribution in [1.29, 1.82) is 0 Å². The molecule has 0 radical (unpaired) electrons. The van der Waals surface area contributed by atoms with Crippen LogP contribution >= 0.6 is 24.0 Å². The number of hydrogen-bond acceptors (Lipinski definition) is 3. The molecule has 0 bridgehead atoms. The summed E-state index contributed by atoms with van der Waals surface area (Å²) in [7, 11) is 5.30. The van der Waals surface area contributed by atoms with E-state index in [4.69, 9.17) is 4.74 Å². The number of halogens is 2. The Morgan fingerprint density at radius 1 is 1.44 bits per heavy atom. The topological polar surface area (TPSA) is 54.7 Å². The van der Waals surface area contributed by atoms with Crippen molar-refractivity contribution < 1.29 is 9.13 Å². The maximum Gasteiger partial charge on any atom is 0.193 e. The minimum atomic E-state index is -0.237. The minimum absolute atomic E-state index is 0. The van der Waals surface area contributed by atoms with E-state index in [1.165, 1.54) is 11.6 Å². The molecule has 8 heteroatoms. The Morgan fingerprint density at radius 3 is 2.93 bits per heavy atom. The fraction of sp³-hybridized carbons (Fsp3) is 0.474. The van der Waals surface area contributed by atoms with Crippen LogP contribution in [0, 0.1) is 5.82 Å². The van der Waals surface area contributed by atoms with Gasteiger partial charge in [0.1, 0.15) is 5.82 Å². The summed E-state index contributed by atoms with van der Waals surface area (Å²) in [5.41, 5.74) is 2.84. The van der Waals surface area contributed by atoms with Crippen molar-refractivity contribution in [2.24, 2.45) is 12.0 Å². The predicted molar refractivity (Wildman–Crippen MR) is 115 cm³/mol. The number of methoxy groups -OCH3 is 1. The van der Waals surface area contributed by atoms with E-state index in [-0.39, 0.29) is 36.4 Å². The normalized spacial score (nSPS) is 17.1. The van der Waals surface area contributed by atoms with Crippen molar-refractivity contribution in [2.45, 2.75) is 25.5 Å². The molecule has 0 saturated carbocycles. The molecule has 1 N–H and O–H groups in total. The monoisotopic (exact) mass is 487 g/mol. The van der Waals surface area contributed by atoms with Gasteiger partial charge in [0.05, 0.1) is 12.8 Å². The van der Waals surface area contributed by atoms with E-state index >= 15 is 0 Å². The highest BCUT2D eigenvalue weighted by Gasteiger charge is 2.26. The van der Waals surface area contributed by atoms with E-state index in [9.17, 15) is 4.39 Å². The lowest BCUT2D eigenvalue weighted by Crippen LogP contribution is -2.39. The van der Waals surface area contributed by atoms with Gasteiger partial charge in [-0.15, -0.1) is 24.0 Å². The van der Waals surface area contributed by atoms with E-state index in [0.717, 1.165) is 31.0 Å². The van der Waals surface area contributed by atoms with Gasteiger partial charge in [0, 0.05) is 58.5 Å². The standard InChI is InChI=1S/C19H26FN5O.HI/c1-21-19(22-9-14-4-5-18(20)16(8-14)13-26-3)25-7-6-15(12-25)17-10-23-24(2)11-17;/h4-5,8,10-11,15H,6-7,9,12-13H2,1-3H3,(H,21,22);1H. The summed E-state index contributed by atoms with van der Waals surface area (Å²) in [4.78, 5) is 6.67. The van der Waals surface area contributed by atoms with Gasteiger partial charge in [0.25, 0.3) is 0 Å². The molecular formula is C19H27FIN5O. The lowest BCUT2D eigenvalue weighted by Gasteiger charge is -2.21. The van der Waals surface area contributed by atoms with Crippen molar-refractivity contribution in [3.05, 3.63) is 53.1 Å². The molecule has 3 rings (SSSR count). The molecule has 2 aromatic rings. The number of nitrogens with zero attached hydrogens (tertiary/aromatic N) is 4. The third-order valence-corrected chi connectivity index (χ3v) is 4.76. The Kier molecular flexibility index (Phi) is 8.03. The summed E-state index contributed by atoms with van der Waals surface area (Å²) >= 11 is 0. The molecule has 27 heavy (non-hydrogen) atoms. The van der Waals surface area contributed by atoms with Crippen molar-refractivity contribution in [3.8, 4) is 0 Å². The molecule has 1 saturated heterocycles. The second kappa shape index (κ2) is 10.0. The van der Waals surface area contributed by atoms with Gasteiger partial charge < -0.3 is 15.0 Å². The summed E-state index contributed by atoms with van der Waals surface area (Å²) in [5, 5.41) is 7.65. The van der Waals surface area contributed by atoms with Gasteiger partial charge in [-0.1, -0.05) is 6.07 Å². The van der Waals surface area contributed by atoms with Crippen molar-refractivity contribution in [3.63, 3.8) is 0 Å². The average Bonchev–Trinajstić information content (AvgIpc) is 3.27. The lowest BCUT2D eigenvalue weighted by atomic mass is 10.0. The van der Waals surface area contributed by atoms with Crippen molar-refractivity contribution in [1.82, 2.24) is 20.0 Å². The Bertz CT molecular complexity index is 779. The van der Waals surface area contributed by atoms with E-state index in [0.29, 0.717) is 18.0 Å². The zero-order chi connectivity index (χ0) is 18.5. The van der Waals surface area contributed by atoms with Crippen molar-refractivity contribution in [2.75, 3.05) is 27.2 Å². The second-order valence-electron chi connectivity index (χ2n) is 6.64. The Hall–Kier alpha value is -1.68. The number of aromatic nitrogens is 2. The van der Waals surface area contributed by atoms with E-state index in [1.807, 2.05) is 24.0 Å². The molecule has 1 fully saturated rings. The maximum atomic E-state index is 13.7. The van der Waals surface area contributed by atoms with Crippen LogP contribution in [0.5, 0.6) is 0 Å². The first-order valence-corrected chi connectivity index (χ1v) is 8.81. The van der Waals surface area contributed by atoms with E-state index in [2.05, 4.69) is 26.5 Å². The van der Waals surface area contributed by atoms with Crippen LogP contribution in [-0.2, 0) is 24.9 Å². The zero-order valence-corrected chi connectivity index (χ0v) is 18.3. The van der Waals surface area contributed by atoms with Crippen LogP contribution < -0.4 is 5.32 Å². The van der Waals surface area contributed by atoms with Crippen LogP contribution in [0.1, 0.15) is 29.0 Å². The average molecular weight is 487 g/mol. The number of ether oxygens (including phenoxy) is 1. The first-order valence-electron chi connectivity index (χ1n) is 8.81. The number of guanidine groups is 1. The van der Waals surface area contributed by atoms with E-state index in [1.54, 1.807) is 20.2 Å². The largest absolute Gasteiger partial charge is 0.380 e. The quantitative estimate of drug-likeness (QED) is 0.401. The number of rotatable bonds is 5. The molecule has 6 nitrogen and oxygen atoms in total. The van der Waals surface area contributed by atoms with Crippen LogP contribution in [0.15, 0.2) is 35.6 Å². The second-order valence-corrected chi connectivity index (χ2v) is 6.64. The summed E-state index contributed by atoms with van der Waals surface area (Å²) in [5.74, 6) is 1.11. The Balaban J connectivity index is 0.00000261. The molecule has 1 atom stereocenters. The van der Waals surface area contributed by atoms with Gasteiger partial charge in [-0.3, -0.25) is 9.67 Å². The molecule has 1 aliphatic rings. The molecule has 1 unspecified atom stereocenters. The molecular weight excluding hydrogens is 460 g/mol. The van der Waals surface area contributed by atoms with E-state index < -0.39 is 0 Å². The molecule has 0 amide bonds. The van der Waals surface area contributed by atoms with Gasteiger partial charge in [0.15, 0.2) is 5.96 Å². The van der Waals surface area contributed by atoms with Crippen molar-refractivity contribution >= 4 is 29.9 Å². The third kappa shape index (κ3) is 5.41. The first kappa shape index (κ1) is 21.6. The van der Waals surface area contributed by atoms with Gasteiger partial charge >= 0.3 is 0 Å². The molecule has 1 aliphatic heterocycles. The zero-order valence-electron chi connectivity index (χ0n) is 16.0. The van der Waals surface area contributed by atoms with Gasteiger partial charge in [-0.2, -0.15) is 5.10 Å². The predicted octanol–water partition coefficient (Wildman–Crippen LogP) is 2.89. The highest BCUT2D eigenvalue weighted by Crippen LogP contribution is 2.26. The number of benzene rings is 1. The van der Waals surface area contributed by atoms with Crippen LogP contribution in [-0.4, -0.2) is 47.9 Å². The summed E-state index contributed by atoms with van der Waals surface area (Å²) in [6.45, 7) is 2.74. The summed E-state index contributed by atoms with van der Waals surface area (Å²) in [6.07, 6.45) is 5.11. The summed E-state index contributed by atoms with van der Waals surface area (Å²) in [6, 6.07) is 5.11. The smallest absolute Gasteiger partial charge is 0.193 e. The van der Waals surface area contributed by atoms with Gasteiger partial charge in [0.2, 0.25) is 0 Å². The Morgan fingerprint density at radius 2 is 2.26 bits per heavy atom. The van der Waals surface area contributed by atoms with Gasteiger partial charge in [-0.05, 0) is 29.7 Å². The third-order valence-electron chi connectivity index (χ3n) is 4.76. The maximum absolute atomic E-state index is 13.7. The van der Waals surface area contributed by atoms with Crippen LogP contribution in [0.2, 0.25) is 0 Å². The molecule has 0 spiro atoms. The SMILES string of the molecule is CN=C(NCc1ccc(F)c(COC)c1)N1CCC(c2cnn(C)c2)C1.I. The number of hydrogen-bond donors (Lipinski definition) is 1. The highest BCUT2D eigenvalue weighted by atomic mass is 127. The Labute approximate surface area is 176 Å². The molecule has 148 valence electrons. The number of aliphatic imine (C=N–C) groups is 1. The molecule has 1 aromatic carbocycles. The fourth-order valence-electron chi connectivity index (χ4n) is 3.39. The van der Waals surface area contributed by atoms with Crippen LogP contribution in [0.3, 0.4) is 0 Å². The number of nitrogens with one attached hydrogen (secondary N) is 1. The lowest BCUT2D eigenvalue weighted by molar-refractivity contribution is 0.181. The van der Waals surface area contributed by atoms with Crippen LogP contribution in [0.4, 0.5) is 4.39 Å².